The molecule has 0 fully saturated rings. The van der Waals surface area contributed by atoms with E-state index in [0.717, 1.165) is 20.8 Å². The van der Waals surface area contributed by atoms with Gasteiger partial charge in [-0.3, -0.25) is 0 Å². The lowest BCUT2D eigenvalue weighted by Gasteiger charge is -1.99. The smallest absolute Gasteiger partial charge is 0.212 e. The van der Waals surface area contributed by atoms with Crippen LogP contribution in [0.25, 0.3) is 0 Å². The molecule has 0 unspecified atom stereocenters. The van der Waals surface area contributed by atoms with E-state index < -0.39 is 0 Å². The largest absolute Gasteiger partial charge is 0.481 e. The maximum absolute atomic E-state index is 4.98. The molecule has 0 saturated heterocycles. The number of nitrogens with zero attached hydrogens (tertiary/aromatic N) is 3. The molecule has 2 rings (SSSR count). The molecule has 6 heteroatoms. The Kier molecular flexibility index (Phi) is 3.47. The molecule has 2 aromatic rings. The summed E-state index contributed by atoms with van der Waals surface area (Å²) in [6, 6.07) is 3.81. The summed E-state index contributed by atoms with van der Waals surface area (Å²) < 4.78 is 10.2. The predicted octanol–water partition coefficient (Wildman–Crippen LogP) is 2.14. The Morgan fingerprint density at radius 2 is 2.33 bits per heavy atom. The Morgan fingerprint density at radius 3 is 2.87 bits per heavy atom. The van der Waals surface area contributed by atoms with E-state index in [-0.39, 0.29) is 0 Å². The second-order valence-electron chi connectivity index (χ2n) is 2.85. The molecule has 0 amide bonds. The average molecular weight is 333 g/mol. The summed E-state index contributed by atoms with van der Waals surface area (Å²) in [5, 5.41) is 0. The number of methoxy groups -OCH3 is 1. The molecule has 0 radical (unpaired) electrons. The van der Waals surface area contributed by atoms with Gasteiger partial charge in [-0.1, -0.05) is 6.07 Å². The molecule has 0 bridgehead atoms. The second kappa shape index (κ2) is 4.84. The van der Waals surface area contributed by atoms with Crippen molar-refractivity contribution >= 4 is 34.1 Å². The number of ether oxygens (including phenoxy) is 1. The maximum Gasteiger partial charge on any atom is 0.212 e. The first-order valence-electron chi connectivity index (χ1n) is 4.25. The minimum Gasteiger partial charge on any atom is -0.481 e. The van der Waals surface area contributed by atoms with Crippen molar-refractivity contribution in [3.8, 4) is 5.88 Å². The Labute approximate surface area is 105 Å². The Hall–Kier alpha value is -0.760. The van der Waals surface area contributed by atoms with E-state index in [1.165, 1.54) is 11.5 Å². The first kappa shape index (κ1) is 10.7. The first-order valence-corrected chi connectivity index (χ1v) is 6.10. The van der Waals surface area contributed by atoms with Gasteiger partial charge in [0.1, 0.15) is 5.82 Å². The first-order chi connectivity index (χ1) is 7.28. The molecule has 0 aliphatic carbocycles. The van der Waals surface area contributed by atoms with Gasteiger partial charge in [0, 0.05) is 18.7 Å². The molecule has 0 atom stereocenters. The van der Waals surface area contributed by atoms with E-state index in [1.807, 2.05) is 12.1 Å². The highest BCUT2D eigenvalue weighted by Crippen LogP contribution is 2.12. The fourth-order valence-corrected chi connectivity index (χ4v) is 2.13. The van der Waals surface area contributed by atoms with E-state index in [2.05, 4.69) is 36.9 Å². The second-order valence-corrected chi connectivity index (χ2v) is 5.35. The van der Waals surface area contributed by atoms with Crippen molar-refractivity contribution in [2.24, 2.45) is 0 Å². The van der Waals surface area contributed by atoms with Gasteiger partial charge in [0.15, 0.2) is 3.01 Å². The van der Waals surface area contributed by atoms with E-state index in [4.69, 9.17) is 4.74 Å². The van der Waals surface area contributed by atoms with Crippen molar-refractivity contribution in [3.05, 3.63) is 32.7 Å². The van der Waals surface area contributed by atoms with Crippen molar-refractivity contribution in [3.63, 3.8) is 0 Å². The van der Waals surface area contributed by atoms with Gasteiger partial charge >= 0.3 is 0 Å². The summed E-state index contributed by atoms with van der Waals surface area (Å²) in [4.78, 5) is 8.41. The topological polar surface area (TPSA) is 47.9 Å². The van der Waals surface area contributed by atoms with Crippen molar-refractivity contribution in [2.75, 3.05) is 7.11 Å². The summed E-state index contributed by atoms with van der Waals surface area (Å²) in [6.45, 7) is 0. The SMILES string of the molecule is COc1ccc(Cc2nsc(I)n2)cn1. The van der Waals surface area contributed by atoms with Crippen LogP contribution in [0.5, 0.6) is 5.88 Å². The van der Waals surface area contributed by atoms with Crippen LogP contribution in [0.4, 0.5) is 0 Å². The summed E-state index contributed by atoms with van der Waals surface area (Å²) >= 11 is 3.58. The molecular weight excluding hydrogens is 325 g/mol. The van der Waals surface area contributed by atoms with Crippen LogP contribution in [-0.2, 0) is 6.42 Å². The number of pyridine rings is 1. The van der Waals surface area contributed by atoms with Gasteiger partial charge in [-0.05, 0) is 39.7 Å². The zero-order valence-corrected chi connectivity index (χ0v) is 10.9. The molecule has 2 aromatic heterocycles. The summed E-state index contributed by atoms with van der Waals surface area (Å²) in [6.07, 6.45) is 2.50. The van der Waals surface area contributed by atoms with Gasteiger partial charge in [-0.15, -0.1) is 0 Å². The maximum atomic E-state index is 4.98. The summed E-state index contributed by atoms with van der Waals surface area (Å²) in [5.74, 6) is 1.47. The van der Waals surface area contributed by atoms with Crippen LogP contribution >= 0.6 is 34.1 Å². The predicted molar refractivity (Wildman–Crippen MR) is 66.2 cm³/mol. The average Bonchev–Trinajstić information content (AvgIpc) is 2.65. The van der Waals surface area contributed by atoms with Crippen molar-refractivity contribution in [1.82, 2.24) is 14.3 Å². The van der Waals surface area contributed by atoms with Crippen LogP contribution in [0, 0.1) is 3.01 Å². The van der Waals surface area contributed by atoms with Crippen LogP contribution in [0.1, 0.15) is 11.4 Å². The van der Waals surface area contributed by atoms with Crippen LogP contribution in [0.2, 0.25) is 0 Å². The number of aromatic nitrogens is 3. The van der Waals surface area contributed by atoms with Gasteiger partial charge in [-0.2, -0.15) is 4.37 Å². The Balaban J connectivity index is 2.11. The van der Waals surface area contributed by atoms with Crippen LogP contribution < -0.4 is 4.74 Å². The molecule has 15 heavy (non-hydrogen) atoms. The van der Waals surface area contributed by atoms with Gasteiger partial charge in [0.25, 0.3) is 0 Å². The quantitative estimate of drug-likeness (QED) is 0.808. The van der Waals surface area contributed by atoms with Gasteiger partial charge in [0.05, 0.1) is 7.11 Å². The molecule has 0 saturated carbocycles. The third-order valence-corrected chi connectivity index (χ3v) is 3.19. The monoisotopic (exact) mass is 333 g/mol. The highest BCUT2D eigenvalue weighted by atomic mass is 127. The normalized spacial score (nSPS) is 10.3. The number of halogens is 1. The number of rotatable bonds is 3. The Morgan fingerprint density at radius 1 is 1.47 bits per heavy atom. The summed E-state index contributed by atoms with van der Waals surface area (Å²) in [7, 11) is 1.60. The van der Waals surface area contributed by atoms with Crippen LogP contribution in [0.3, 0.4) is 0 Å². The fourth-order valence-electron chi connectivity index (χ4n) is 1.12. The molecule has 0 spiro atoms. The molecule has 0 aromatic carbocycles. The minimum atomic E-state index is 0.625. The van der Waals surface area contributed by atoms with E-state index in [9.17, 15) is 0 Å². The molecule has 2 heterocycles. The van der Waals surface area contributed by atoms with Crippen LogP contribution in [0.15, 0.2) is 18.3 Å². The molecular formula is C9H8IN3OS. The van der Waals surface area contributed by atoms with Crippen molar-refractivity contribution < 1.29 is 4.74 Å². The highest BCUT2D eigenvalue weighted by Gasteiger charge is 2.03. The van der Waals surface area contributed by atoms with Gasteiger partial charge < -0.3 is 4.74 Å². The highest BCUT2D eigenvalue weighted by molar-refractivity contribution is 14.1. The third kappa shape index (κ3) is 2.85. The lowest BCUT2D eigenvalue weighted by atomic mass is 10.2. The minimum absolute atomic E-state index is 0.625. The molecule has 0 aliphatic heterocycles. The molecule has 0 aliphatic rings. The molecule has 4 nitrogen and oxygen atoms in total. The van der Waals surface area contributed by atoms with E-state index >= 15 is 0 Å². The van der Waals surface area contributed by atoms with Crippen molar-refractivity contribution in [2.45, 2.75) is 6.42 Å². The standard InChI is InChI=1S/C9H8IN3OS/c1-14-8-3-2-6(5-11-8)4-7-12-9(10)15-13-7/h2-3,5H,4H2,1H3. The Bertz CT molecular complexity index is 443. The third-order valence-electron chi connectivity index (χ3n) is 1.81. The van der Waals surface area contributed by atoms with Gasteiger partial charge in [-0.25, -0.2) is 9.97 Å². The van der Waals surface area contributed by atoms with Gasteiger partial charge in [0.2, 0.25) is 5.88 Å². The zero-order valence-electron chi connectivity index (χ0n) is 7.98. The van der Waals surface area contributed by atoms with Crippen LogP contribution in [-0.4, -0.2) is 21.5 Å². The molecule has 0 N–H and O–H groups in total. The lowest BCUT2D eigenvalue weighted by molar-refractivity contribution is 0.397. The fraction of sp³-hybridized carbons (Fsp3) is 0.222. The van der Waals surface area contributed by atoms with E-state index in [1.54, 1.807) is 13.3 Å². The molecule has 78 valence electrons. The number of hydrogen-bond acceptors (Lipinski definition) is 5. The zero-order chi connectivity index (χ0) is 10.7. The lowest BCUT2D eigenvalue weighted by Crippen LogP contribution is -1.93. The number of hydrogen-bond donors (Lipinski definition) is 0. The van der Waals surface area contributed by atoms with Crippen molar-refractivity contribution in [1.29, 1.82) is 0 Å². The van der Waals surface area contributed by atoms with E-state index in [0.29, 0.717) is 5.88 Å². The summed E-state index contributed by atoms with van der Waals surface area (Å²) in [5.41, 5.74) is 1.09.